The van der Waals surface area contributed by atoms with Gasteiger partial charge in [-0.3, -0.25) is 4.98 Å². The second kappa shape index (κ2) is 5.14. The van der Waals surface area contributed by atoms with E-state index in [9.17, 15) is 5.26 Å². The quantitative estimate of drug-likeness (QED) is 0.722. The molecule has 0 aliphatic carbocycles. The van der Waals surface area contributed by atoms with Crippen LogP contribution in [0.1, 0.15) is 11.1 Å². The van der Waals surface area contributed by atoms with E-state index in [2.05, 4.69) is 11.1 Å². The van der Waals surface area contributed by atoms with Gasteiger partial charge in [-0.2, -0.15) is 5.26 Å². The molecule has 0 bridgehead atoms. The maximum absolute atomic E-state index is 9.29. The van der Waals surface area contributed by atoms with Crippen LogP contribution in [0.3, 0.4) is 0 Å². The van der Waals surface area contributed by atoms with Gasteiger partial charge < -0.3 is 10.5 Å². The van der Waals surface area contributed by atoms with Gasteiger partial charge >= 0.3 is 0 Å². The standard InChI is InChI=1S/C17H13N3O/c1-11-14(19)6-4-8-16(11)21-17-12(9-18)10-20-15-7-3-2-5-13(15)17/h2-8,10H,19H2,1H3. The lowest BCUT2D eigenvalue weighted by Gasteiger charge is -2.13. The molecule has 1 aromatic heterocycles. The first-order chi connectivity index (χ1) is 10.2. The van der Waals surface area contributed by atoms with Crippen LogP contribution in [0.4, 0.5) is 5.69 Å². The molecule has 0 radical (unpaired) electrons. The van der Waals surface area contributed by atoms with Crippen molar-refractivity contribution in [1.29, 1.82) is 5.26 Å². The third kappa shape index (κ3) is 2.26. The number of nitrogens with two attached hydrogens (primary N) is 1. The van der Waals surface area contributed by atoms with Crippen LogP contribution in [0.15, 0.2) is 48.7 Å². The van der Waals surface area contributed by atoms with E-state index in [0.717, 1.165) is 16.5 Å². The zero-order valence-corrected chi connectivity index (χ0v) is 11.5. The molecule has 0 amide bonds. The minimum absolute atomic E-state index is 0.399. The van der Waals surface area contributed by atoms with Crippen LogP contribution in [0.2, 0.25) is 0 Å². The van der Waals surface area contributed by atoms with Crippen molar-refractivity contribution in [3.63, 3.8) is 0 Å². The predicted octanol–water partition coefficient (Wildman–Crippen LogP) is 3.79. The monoisotopic (exact) mass is 275 g/mol. The number of fused-ring (bicyclic) bond motifs is 1. The van der Waals surface area contributed by atoms with Gasteiger partial charge in [0, 0.05) is 22.8 Å². The van der Waals surface area contributed by atoms with Gasteiger partial charge in [0.05, 0.1) is 5.52 Å². The number of para-hydroxylation sites is 1. The van der Waals surface area contributed by atoms with Crippen molar-refractivity contribution < 1.29 is 4.74 Å². The van der Waals surface area contributed by atoms with Gasteiger partial charge in [-0.25, -0.2) is 0 Å². The van der Waals surface area contributed by atoms with E-state index < -0.39 is 0 Å². The molecule has 0 unspecified atom stereocenters. The van der Waals surface area contributed by atoms with Gasteiger partial charge in [0.25, 0.3) is 0 Å². The average molecular weight is 275 g/mol. The first kappa shape index (κ1) is 12.9. The topological polar surface area (TPSA) is 71.9 Å². The minimum atomic E-state index is 0.399. The first-order valence-corrected chi connectivity index (χ1v) is 6.51. The van der Waals surface area contributed by atoms with Gasteiger partial charge in [0.1, 0.15) is 17.4 Å². The SMILES string of the molecule is Cc1c(N)cccc1Oc1c(C#N)cnc2ccccc12. The number of benzene rings is 2. The van der Waals surface area contributed by atoms with Crippen LogP contribution in [0.5, 0.6) is 11.5 Å². The zero-order valence-electron chi connectivity index (χ0n) is 11.5. The van der Waals surface area contributed by atoms with Gasteiger partial charge in [-0.15, -0.1) is 0 Å². The maximum Gasteiger partial charge on any atom is 0.156 e. The fourth-order valence-corrected chi connectivity index (χ4v) is 2.16. The molecule has 4 heteroatoms. The van der Waals surface area contributed by atoms with Crippen LogP contribution >= 0.6 is 0 Å². The number of hydrogen-bond acceptors (Lipinski definition) is 4. The van der Waals surface area contributed by atoms with E-state index in [1.165, 1.54) is 6.20 Å². The maximum atomic E-state index is 9.29. The molecule has 0 aliphatic heterocycles. The Morgan fingerprint density at radius 2 is 1.95 bits per heavy atom. The Bertz CT molecular complexity index is 866. The van der Waals surface area contributed by atoms with Crippen LogP contribution in [0.25, 0.3) is 10.9 Å². The van der Waals surface area contributed by atoms with Gasteiger partial charge in [0.15, 0.2) is 5.75 Å². The molecule has 2 N–H and O–H groups in total. The number of rotatable bonds is 2. The summed E-state index contributed by atoms with van der Waals surface area (Å²) < 4.78 is 5.98. The fourth-order valence-electron chi connectivity index (χ4n) is 2.16. The molecule has 0 spiro atoms. The Morgan fingerprint density at radius 3 is 2.76 bits per heavy atom. The summed E-state index contributed by atoms with van der Waals surface area (Å²) in [5.74, 6) is 1.15. The minimum Gasteiger partial charge on any atom is -0.455 e. The number of aromatic nitrogens is 1. The second-order valence-corrected chi connectivity index (χ2v) is 4.70. The number of hydrogen-bond donors (Lipinski definition) is 1. The summed E-state index contributed by atoms with van der Waals surface area (Å²) in [4.78, 5) is 4.27. The van der Waals surface area contributed by atoms with Gasteiger partial charge in [-0.1, -0.05) is 18.2 Å². The van der Waals surface area contributed by atoms with E-state index in [0.29, 0.717) is 22.7 Å². The number of nitrogen functional groups attached to an aromatic ring is 1. The molecule has 0 saturated carbocycles. The lowest BCUT2D eigenvalue weighted by molar-refractivity contribution is 0.483. The fraction of sp³-hybridized carbons (Fsp3) is 0.0588. The van der Waals surface area contributed by atoms with Crippen LogP contribution in [-0.4, -0.2) is 4.98 Å². The predicted molar refractivity (Wildman–Crippen MR) is 82.1 cm³/mol. The number of nitrogens with zero attached hydrogens (tertiary/aromatic N) is 2. The summed E-state index contributed by atoms with van der Waals surface area (Å²) in [6.07, 6.45) is 1.53. The molecule has 0 aliphatic rings. The number of anilines is 1. The molecule has 3 rings (SSSR count). The molecule has 0 saturated heterocycles. The summed E-state index contributed by atoms with van der Waals surface area (Å²) in [7, 11) is 0. The Hall–Kier alpha value is -3.06. The van der Waals surface area contributed by atoms with E-state index in [-0.39, 0.29) is 0 Å². The second-order valence-electron chi connectivity index (χ2n) is 4.70. The van der Waals surface area contributed by atoms with E-state index >= 15 is 0 Å². The summed E-state index contributed by atoms with van der Waals surface area (Å²) >= 11 is 0. The number of pyridine rings is 1. The van der Waals surface area contributed by atoms with Crippen molar-refractivity contribution >= 4 is 16.6 Å². The van der Waals surface area contributed by atoms with Crippen molar-refractivity contribution in [3.8, 4) is 17.6 Å². The average Bonchev–Trinajstić information content (AvgIpc) is 2.52. The Balaban J connectivity index is 2.20. The lowest BCUT2D eigenvalue weighted by Crippen LogP contribution is -1.96. The van der Waals surface area contributed by atoms with E-state index in [1.807, 2.05) is 49.4 Å². The van der Waals surface area contributed by atoms with Gasteiger partial charge in [-0.05, 0) is 31.2 Å². The van der Waals surface area contributed by atoms with Crippen LogP contribution in [-0.2, 0) is 0 Å². The lowest BCUT2D eigenvalue weighted by atomic mass is 10.1. The molecular weight excluding hydrogens is 262 g/mol. The Morgan fingerprint density at radius 1 is 1.14 bits per heavy atom. The molecule has 2 aromatic carbocycles. The van der Waals surface area contributed by atoms with Crippen LogP contribution in [0, 0.1) is 18.3 Å². The van der Waals surface area contributed by atoms with Crippen molar-refractivity contribution in [3.05, 3.63) is 59.8 Å². The van der Waals surface area contributed by atoms with Gasteiger partial charge in [0.2, 0.25) is 0 Å². The molecule has 3 aromatic rings. The largest absolute Gasteiger partial charge is 0.455 e. The highest BCUT2D eigenvalue weighted by atomic mass is 16.5. The van der Waals surface area contributed by atoms with Crippen molar-refractivity contribution in [2.75, 3.05) is 5.73 Å². The molecule has 4 nitrogen and oxygen atoms in total. The van der Waals surface area contributed by atoms with Crippen molar-refractivity contribution in [1.82, 2.24) is 4.98 Å². The molecule has 102 valence electrons. The number of ether oxygens (including phenoxy) is 1. The highest BCUT2D eigenvalue weighted by Crippen LogP contribution is 2.34. The molecule has 21 heavy (non-hydrogen) atoms. The highest BCUT2D eigenvalue weighted by Gasteiger charge is 2.12. The third-order valence-electron chi connectivity index (χ3n) is 3.38. The third-order valence-corrected chi connectivity index (χ3v) is 3.38. The molecule has 1 heterocycles. The molecule has 0 fully saturated rings. The Labute approximate surface area is 122 Å². The summed E-state index contributed by atoms with van der Waals surface area (Å²) in [6, 6.07) is 15.2. The molecule has 0 atom stereocenters. The van der Waals surface area contributed by atoms with E-state index in [4.69, 9.17) is 10.5 Å². The van der Waals surface area contributed by atoms with Crippen LogP contribution < -0.4 is 10.5 Å². The molecular formula is C17H13N3O. The summed E-state index contributed by atoms with van der Waals surface area (Å²) in [5.41, 5.74) is 8.59. The number of nitriles is 1. The summed E-state index contributed by atoms with van der Waals surface area (Å²) in [6.45, 7) is 1.89. The van der Waals surface area contributed by atoms with Crippen molar-refractivity contribution in [2.45, 2.75) is 6.92 Å². The Kier molecular flexibility index (Phi) is 3.17. The van der Waals surface area contributed by atoms with Crippen molar-refractivity contribution in [2.24, 2.45) is 0 Å². The first-order valence-electron chi connectivity index (χ1n) is 6.51. The van der Waals surface area contributed by atoms with E-state index in [1.54, 1.807) is 0 Å². The zero-order chi connectivity index (χ0) is 14.8. The highest BCUT2D eigenvalue weighted by molar-refractivity contribution is 5.87. The summed E-state index contributed by atoms with van der Waals surface area (Å²) in [5, 5.41) is 10.1. The normalized spacial score (nSPS) is 10.3. The smallest absolute Gasteiger partial charge is 0.156 e.